The van der Waals surface area contributed by atoms with Crippen LogP contribution in [0.3, 0.4) is 0 Å². The van der Waals surface area contributed by atoms with E-state index in [0.717, 1.165) is 30.8 Å². The number of aromatic nitrogens is 3. The highest BCUT2D eigenvalue weighted by atomic mass is 35.5. The largest absolute Gasteiger partial charge is 0.338 e. The Bertz CT molecular complexity index is 1420. The van der Waals surface area contributed by atoms with Gasteiger partial charge in [0.1, 0.15) is 15.6 Å². The molecule has 1 aromatic carbocycles. The highest BCUT2D eigenvalue weighted by Gasteiger charge is 2.22. The number of hydrogen-bond donors (Lipinski definition) is 2. The Hall–Kier alpha value is -2.66. The summed E-state index contributed by atoms with van der Waals surface area (Å²) < 4.78 is 26.8. The average Bonchev–Trinajstić information content (AvgIpc) is 2.79. The molecule has 180 valence electrons. The number of nitrogens with one attached hydrogen (secondary N) is 2. The molecule has 1 aliphatic heterocycles. The Morgan fingerprint density at radius 1 is 1.12 bits per heavy atom. The lowest BCUT2D eigenvalue weighted by Crippen LogP contribution is -2.33. The molecule has 9 nitrogen and oxygen atoms in total. The third kappa shape index (κ3) is 4.76. The zero-order chi connectivity index (χ0) is 24.6. The van der Waals surface area contributed by atoms with Gasteiger partial charge in [0.15, 0.2) is 15.7 Å². The Balaban J connectivity index is 1.69. The Labute approximate surface area is 207 Å². The van der Waals surface area contributed by atoms with Crippen molar-refractivity contribution in [3.8, 4) is 0 Å². The maximum absolute atomic E-state index is 12.9. The van der Waals surface area contributed by atoms with Crippen molar-refractivity contribution in [2.75, 3.05) is 30.0 Å². The molecule has 4 rings (SSSR count). The first-order valence-corrected chi connectivity index (χ1v) is 13.0. The van der Waals surface area contributed by atoms with Gasteiger partial charge in [-0.05, 0) is 30.8 Å². The van der Waals surface area contributed by atoms with E-state index >= 15 is 0 Å². The van der Waals surface area contributed by atoms with Crippen LogP contribution in [-0.4, -0.2) is 47.2 Å². The summed E-state index contributed by atoms with van der Waals surface area (Å²) >= 11 is 12.5. The molecule has 1 aliphatic rings. The molecule has 0 aliphatic carbocycles. The summed E-state index contributed by atoms with van der Waals surface area (Å²) in [5, 5.41) is 6.20. The van der Waals surface area contributed by atoms with Crippen molar-refractivity contribution in [3.05, 3.63) is 62.1 Å². The number of sulfone groups is 1. The van der Waals surface area contributed by atoms with Gasteiger partial charge in [-0.3, -0.25) is 4.79 Å². The predicted molar refractivity (Wildman–Crippen MR) is 135 cm³/mol. The van der Waals surface area contributed by atoms with E-state index in [4.69, 9.17) is 23.2 Å². The summed E-state index contributed by atoms with van der Waals surface area (Å²) in [6.07, 6.45) is 2.17. The number of anilines is 4. The molecule has 0 atom stereocenters. The molecule has 0 amide bonds. The van der Waals surface area contributed by atoms with Crippen LogP contribution in [0.1, 0.15) is 18.2 Å². The molecule has 0 fully saturated rings. The van der Waals surface area contributed by atoms with Gasteiger partial charge >= 0.3 is 0 Å². The van der Waals surface area contributed by atoms with Crippen LogP contribution in [0.2, 0.25) is 10.0 Å². The molecule has 0 unspecified atom stereocenters. The molecule has 2 N–H and O–H groups in total. The standard InChI is InChI=1S/C22H24Cl2N6O3S/c1-4-34(32,33)19-14(23)6-5-7-16(19)26-20-15(24)11-25-22(28-20)27-17-10-13-12-29(2)9-8-18(13)30(3)21(17)31/h5-7,10-11H,4,8-9,12H2,1-3H3,(H2,25,26,27,28). The van der Waals surface area contributed by atoms with Crippen LogP contribution >= 0.6 is 23.2 Å². The van der Waals surface area contributed by atoms with E-state index in [2.05, 4.69) is 25.5 Å². The van der Waals surface area contributed by atoms with Crippen molar-refractivity contribution in [1.29, 1.82) is 0 Å². The molecule has 0 bridgehead atoms. The van der Waals surface area contributed by atoms with Crippen LogP contribution < -0.4 is 16.2 Å². The molecule has 3 aromatic rings. The molecule has 0 radical (unpaired) electrons. The molecule has 12 heteroatoms. The third-order valence-corrected chi connectivity index (χ3v) is 8.23. The van der Waals surface area contributed by atoms with Crippen LogP contribution in [0.15, 0.2) is 40.2 Å². The second-order valence-electron chi connectivity index (χ2n) is 8.04. The zero-order valence-electron chi connectivity index (χ0n) is 18.9. The molecule has 0 spiro atoms. The lowest BCUT2D eigenvalue weighted by atomic mass is 10.1. The number of benzene rings is 1. The Morgan fingerprint density at radius 3 is 2.62 bits per heavy atom. The maximum atomic E-state index is 12.9. The number of fused-ring (bicyclic) bond motifs is 1. The van der Waals surface area contributed by atoms with Crippen LogP contribution in [0.4, 0.5) is 23.1 Å². The van der Waals surface area contributed by atoms with E-state index in [-0.39, 0.29) is 43.7 Å². The summed E-state index contributed by atoms with van der Waals surface area (Å²) in [6.45, 7) is 3.16. The lowest BCUT2D eigenvalue weighted by molar-refractivity contribution is 0.306. The average molecular weight is 523 g/mol. The van der Waals surface area contributed by atoms with Gasteiger partial charge in [0.25, 0.3) is 5.56 Å². The molecular formula is C22H24Cl2N6O3S. The van der Waals surface area contributed by atoms with Crippen LogP contribution in [0.25, 0.3) is 0 Å². The van der Waals surface area contributed by atoms with Crippen molar-refractivity contribution >= 4 is 56.2 Å². The summed E-state index contributed by atoms with van der Waals surface area (Å²) in [4.78, 5) is 23.6. The van der Waals surface area contributed by atoms with Crippen molar-refractivity contribution in [2.45, 2.75) is 24.8 Å². The van der Waals surface area contributed by atoms with Crippen LogP contribution in [0.5, 0.6) is 0 Å². The van der Waals surface area contributed by atoms with Gasteiger partial charge in [-0.1, -0.05) is 36.2 Å². The number of rotatable bonds is 6. The van der Waals surface area contributed by atoms with Crippen LogP contribution in [0, 0.1) is 0 Å². The predicted octanol–water partition coefficient (Wildman–Crippen LogP) is 3.75. The first kappa shape index (κ1) is 24.5. The van der Waals surface area contributed by atoms with Gasteiger partial charge in [0.05, 0.1) is 22.7 Å². The maximum Gasteiger partial charge on any atom is 0.274 e. The van der Waals surface area contributed by atoms with Gasteiger partial charge in [-0.25, -0.2) is 13.4 Å². The van der Waals surface area contributed by atoms with Gasteiger partial charge in [0.2, 0.25) is 5.95 Å². The topological polar surface area (TPSA) is 109 Å². The minimum Gasteiger partial charge on any atom is -0.338 e. The fraction of sp³-hybridized carbons (Fsp3) is 0.318. The minimum absolute atomic E-state index is 0.0315. The summed E-state index contributed by atoms with van der Waals surface area (Å²) in [5.41, 5.74) is 2.45. The van der Waals surface area contributed by atoms with Gasteiger partial charge in [-0.15, -0.1) is 0 Å². The Morgan fingerprint density at radius 2 is 1.88 bits per heavy atom. The minimum atomic E-state index is -3.62. The number of hydrogen-bond acceptors (Lipinski definition) is 8. The Kier molecular flexibility index (Phi) is 6.86. The van der Waals surface area contributed by atoms with Crippen molar-refractivity contribution in [2.24, 2.45) is 7.05 Å². The molecule has 0 saturated heterocycles. The molecule has 0 saturated carbocycles. The lowest BCUT2D eigenvalue weighted by Gasteiger charge is -2.27. The van der Waals surface area contributed by atoms with E-state index in [9.17, 15) is 13.2 Å². The molecule has 34 heavy (non-hydrogen) atoms. The number of likely N-dealkylation sites (N-methyl/N-ethyl adjacent to an activating group) is 1. The summed E-state index contributed by atoms with van der Waals surface area (Å²) in [5.74, 6) is 0.186. The number of halogens is 2. The smallest absolute Gasteiger partial charge is 0.274 e. The SMILES string of the molecule is CCS(=O)(=O)c1c(Cl)cccc1Nc1nc(Nc2cc3c(n(C)c2=O)CCN(C)C3)ncc1Cl. The fourth-order valence-electron chi connectivity index (χ4n) is 3.89. The second kappa shape index (κ2) is 9.53. The first-order chi connectivity index (χ1) is 16.1. The summed E-state index contributed by atoms with van der Waals surface area (Å²) in [7, 11) is 0.165. The number of pyridine rings is 1. The zero-order valence-corrected chi connectivity index (χ0v) is 21.2. The highest BCUT2D eigenvalue weighted by molar-refractivity contribution is 7.91. The summed E-state index contributed by atoms with van der Waals surface area (Å²) in [6, 6.07) is 6.53. The van der Waals surface area contributed by atoms with Gasteiger partial charge in [-0.2, -0.15) is 4.98 Å². The molecule has 3 heterocycles. The van der Waals surface area contributed by atoms with Gasteiger partial charge < -0.3 is 20.1 Å². The van der Waals surface area contributed by atoms with E-state index in [1.165, 1.54) is 12.3 Å². The van der Waals surface area contributed by atoms with Crippen molar-refractivity contribution < 1.29 is 8.42 Å². The van der Waals surface area contributed by atoms with E-state index < -0.39 is 9.84 Å². The van der Waals surface area contributed by atoms with E-state index in [0.29, 0.717) is 5.69 Å². The monoisotopic (exact) mass is 522 g/mol. The van der Waals surface area contributed by atoms with E-state index in [1.807, 2.05) is 13.1 Å². The van der Waals surface area contributed by atoms with Crippen molar-refractivity contribution in [3.63, 3.8) is 0 Å². The number of nitrogens with zero attached hydrogens (tertiary/aromatic N) is 4. The second-order valence-corrected chi connectivity index (χ2v) is 11.1. The molecule has 2 aromatic heterocycles. The highest BCUT2D eigenvalue weighted by Crippen LogP contribution is 2.34. The van der Waals surface area contributed by atoms with Crippen molar-refractivity contribution in [1.82, 2.24) is 19.4 Å². The normalized spacial score (nSPS) is 14.0. The fourth-order valence-corrected chi connectivity index (χ4v) is 5.66. The van der Waals surface area contributed by atoms with E-state index in [1.54, 1.807) is 30.7 Å². The molecular weight excluding hydrogens is 499 g/mol. The van der Waals surface area contributed by atoms with Crippen LogP contribution in [-0.2, 0) is 29.9 Å². The first-order valence-electron chi connectivity index (χ1n) is 10.6. The van der Waals surface area contributed by atoms with Gasteiger partial charge in [0, 0.05) is 32.3 Å². The third-order valence-electron chi connectivity index (χ3n) is 5.70. The quantitative estimate of drug-likeness (QED) is 0.503.